The van der Waals surface area contributed by atoms with Gasteiger partial charge in [0.05, 0.1) is 6.61 Å². The molecule has 0 radical (unpaired) electrons. The van der Waals surface area contributed by atoms with Gasteiger partial charge in [-0.05, 0) is 60.4 Å². The summed E-state index contributed by atoms with van der Waals surface area (Å²) in [6, 6.07) is 12.4. The molecule has 0 aromatic heterocycles. The van der Waals surface area contributed by atoms with Crippen LogP contribution in [-0.4, -0.2) is 6.61 Å². The molecule has 1 aliphatic rings. The molecule has 1 aliphatic carbocycles. The lowest BCUT2D eigenvalue weighted by molar-refractivity contribution is 0.285. The topological polar surface area (TPSA) is 9.23 Å². The fourth-order valence-corrected chi connectivity index (χ4v) is 4.92. The summed E-state index contributed by atoms with van der Waals surface area (Å²) in [7, 11) is 0. The normalized spacial score (nSPS) is 15.3. The van der Waals surface area contributed by atoms with Crippen molar-refractivity contribution in [1.29, 1.82) is 0 Å². The van der Waals surface area contributed by atoms with Crippen LogP contribution in [0.3, 0.4) is 0 Å². The molecule has 1 unspecified atom stereocenters. The second-order valence-corrected chi connectivity index (χ2v) is 9.87. The van der Waals surface area contributed by atoms with Crippen molar-refractivity contribution in [3.8, 4) is 28.0 Å². The van der Waals surface area contributed by atoms with Crippen molar-refractivity contribution in [2.75, 3.05) is 6.61 Å². The van der Waals surface area contributed by atoms with E-state index in [2.05, 4.69) is 13.5 Å². The van der Waals surface area contributed by atoms with Crippen molar-refractivity contribution in [2.45, 2.75) is 58.3 Å². The maximum atomic E-state index is 15.1. The molecule has 1 atom stereocenters. The molecule has 1 nitrogen and oxygen atoms in total. The predicted octanol–water partition coefficient (Wildman–Crippen LogP) is 10.3. The molecule has 0 bridgehead atoms. The van der Waals surface area contributed by atoms with Crippen molar-refractivity contribution < 1.29 is 22.3 Å². The number of ether oxygens (including phenoxy) is 1. The maximum absolute atomic E-state index is 15.1. The summed E-state index contributed by atoms with van der Waals surface area (Å²) in [5, 5.41) is 0. The van der Waals surface area contributed by atoms with E-state index in [4.69, 9.17) is 4.74 Å². The second kappa shape index (κ2) is 12.9. The minimum atomic E-state index is -1.03. The summed E-state index contributed by atoms with van der Waals surface area (Å²) >= 11 is 0. The van der Waals surface area contributed by atoms with E-state index in [-0.39, 0.29) is 22.4 Å². The van der Waals surface area contributed by atoms with E-state index in [1.807, 2.05) is 12.2 Å². The van der Waals surface area contributed by atoms with Gasteiger partial charge in [0.25, 0.3) is 0 Å². The van der Waals surface area contributed by atoms with Gasteiger partial charge in [0.2, 0.25) is 5.82 Å². The van der Waals surface area contributed by atoms with Crippen LogP contribution in [0.25, 0.3) is 27.8 Å². The Morgan fingerprint density at radius 3 is 1.95 bits per heavy atom. The van der Waals surface area contributed by atoms with E-state index in [1.54, 1.807) is 36.4 Å². The van der Waals surface area contributed by atoms with Gasteiger partial charge in [-0.15, -0.1) is 6.58 Å². The highest BCUT2D eigenvalue weighted by Gasteiger charge is 2.21. The molecule has 3 aromatic carbocycles. The molecule has 0 aliphatic heterocycles. The molecule has 5 heteroatoms. The van der Waals surface area contributed by atoms with E-state index in [1.165, 1.54) is 12.1 Å². The number of benzene rings is 3. The molecule has 4 rings (SSSR count). The van der Waals surface area contributed by atoms with Gasteiger partial charge < -0.3 is 4.74 Å². The number of hydrogen-bond donors (Lipinski definition) is 0. The summed E-state index contributed by atoms with van der Waals surface area (Å²) in [6.07, 6.45) is 11.3. The highest BCUT2D eigenvalue weighted by Crippen LogP contribution is 2.36. The predicted molar refractivity (Wildman–Crippen MR) is 147 cm³/mol. The molecule has 0 N–H and O–H groups in total. The largest absolute Gasteiger partial charge is 0.490 e. The third-order valence-electron chi connectivity index (χ3n) is 7.27. The first-order chi connectivity index (χ1) is 18.4. The smallest absolute Gasteiger partial charge is 0.201 e. The molecular weight excluding hydrogens is 488 g/mol. The average Bonchev–Trinajstić information content (AvgIpc) is 2.94. The van der Waals surface area contributed by atoms with Gasteiger partial charge in [-0.3, -0.25) is 0 Å². The van der Waals surface area contributed by atoms with E-state index in [0.29, 0.717) is 30.1 Å². The van der Waals surface area contributed by atoms with Gasteiger partial charge in [-0.1, -0.05) is 81.2 Å². The van der Waals surface area contributed by atoms with Crippen molar-refractivity contribution >= 4 is 5.57 Å². The minimum Gasteiger partial charge on any atom is -0.490 e. The maximum Gasteiger partial charge on any atom is 0.201 e. The van der Waals surface area contributed by atoms with Crippen LogP contribution in [-0.2, 0) is 0 Å². The summed E-state index contributed by atoms with van der Waals surface area (Å²) in [6.45, 7) is 6.28. The molecule has 0 fully saturated rings. The monoisotopic (exact) mass is 522 g/mol. The zero-order valence-corrected chi connectivity index (χ0v) is 21.8. The fraction of sp³-hybridized carbons (Fsp3) is 0.333. The summed E-state index contributed by atoms with van der Waals surface area (Å²) in [5.41, 5.74) is 2.16. The number of allylic oxidation sites excluding steroid dienone is 3. The molecule has 0 saturated heterocycles. The zero-order valence-electron chi connectivity index (χ0n) is 21.8. The molecule has 38 heavy (non-hydrogen) atoms. The SMILES string of the molecule is C=CC1CC=C(c2ccc(-c3ccc(-c4ccc(OCCCCCCC)c(F)c4F)cc3)c(F)c2F)CC1. The summed E-state index contributed by atoms with van der Waals surface area (Å²) in [4.78, 5) is 0. The standard InChI is InChI=1S/C33H34F4O/c1-3-5-6-7-8-21-38-29-20-19-28(32(36)33(29)37)25-15-13-24(14-16-25)27-18-17-26(30(34)31(27)35)23-11-9-22(4-2)10-12-23/h4,11,13-20,22H,2-3,5-10,12,21H2,1H3. The van der Waals surface area contributed by atoms with Gasteiger partial charge in [0, 0.05) is 16.7 Å². The molecule has 0 heterocycles. The summed E-state index contributed by atoms with van der Waals surface area (Å²) < 4.78 is 65.1. The first kappa shape index (κ1) is 27.7. The Morgan fingerprint density at radius 1 is 0.763 bits per heavy atom. The van der Waals surface area contributed by atoms with Crippen LogP contribution in [0.1, 0.15) is 63.9 Å². The van der Waals surface area contributed by atoms with Crippen LogP contribution in [0, 0.1) is 29.2 Å². The van der Waals surface area contributed by atoms with Gasteiger partial charge in [-0.25, -0.2) is 13.2 Å². The van der Waals surface area contributed by atoms with E-state index >= 15 is 8.78 Å². The highest BCUT2D eigenvalue weighted by atomic mass is 19.2. The molecule has 3 aromatic rings. The molecule has 200 valence electrons. The number of halogens is 4. The van der Waals surface area contributed by atoms with Gasteiger partial charge in [0.15, 0.2) is 23.2 Å². The van der Waals surface area contributed by atoms with Crippen molar-refractivity contribution in [2.24, 2.45) is 5.92 Å². The van der Waals surface area contributed by atoms with E-state index in [0.717, 1.165) is 50.5 Å². The molecule has 0 amide bonds. The Bertz CT molecular complexity index is 1290. The van der Waals surface area contributed by atoms with E-state index in [9.17, 15) is 8.78 Å². The van der Waals surface area contributed by atoms with E-state index < -0.39 is 23.3 Å². The third kappa shape index (κ3) is 6.20. The van der Waals surface area contributed by atoms with Gasteiger partial charge >= 0.3 is 0 Å². The third-order valence-corrected chi connectivity index (χ3v) is 7.27. The van der Waals surface area contributed by atoms with Crippen molar-refractivity contribution in [1.82, 2.24) is 0 Å². The Balaban J connectivity index is 1.48. The Labute approximate surface area is 222 Å². The fourth-order valence-electron chi connectivity index (χ4n) is 4.92. The average molecular weight is 523 g/mol. The lowest BCUT2D eigenvalue weighted by Gasteiger charge is -2.20. The lowest BCUT2D eigenvalue weighted by Crippen LogP contribution is -2.04. The number of hydrogen-bond acceptors (Lipinski definition) is 1. The van der Waals surface area contributed by atoms with Crippen LogP contribution >= 0.6 is 0 Å². The lowest BCUT2D eigenvalue weighted by atomic mass is 9.86. The van der Waals surface area contributed by atoms with Gasteiger partial charge in [-0.2, -0.15) is 4.39 Å². The van der Waals surface area contributed by atoms with Crippen molar-refractivity contribution in [3.05, 3.63) is 96.1 Å². The molecule has 0 saturated carbocycles. The second-order valence-electron chi connectivity index (χ2n) is 9.87. The zero-order chi connectivity index (χ0) is 27.1. The van der Waals surface area contributed by atoms with Crippen LogP contribution < -0.4 is 4.74 Å². The number of unbranched alkanes of at least 4 members (excludes halogenated alkanes) is 4. The molecular formula is C33H34F4O. The minimum absolute atomic E-state index is 0.0772. The highest BCUT2D eigenvalue weighted by molar-refractivity contribution is 5.74. The summed E-state index contributed by atoms with van der Waals surface area (Å²) in [5.74, 6) is -3.56. The first-order valence-electron chi connectivity index (χ1n) is 13.5. The quantitative estimate of drug-likeness (QED) is 0.138. The van der Waals surface area contributed by atoms with Crippen LogP contribution in [0.2, 0.25) is 0 Å². The van der Waals surface area contributed by atoms with Crippen molar-refractivity contribution in [3.63, 3.8) is 0 Å². The van der Waals surface area contributed by atoms with Crippen LogP contribution in [0.15, 0.2) is 67.3 Å². The Hall–Kier alpha value is -3.34. The Kier molecular flexibility index (Phi) is 9.43. The molecule has 0 spiro atoms. The first-order valence-corrected chi connectivity index (χ1v) is 13.5. The van der Waals surface area contributed by atoms with Gasteiger partial charge in [0.1, 0.15) is 0 Å². The van der Waals surface area contributed by atoms with Crippen LogP contribution in [0.5, 0.6) is 5.75 Å². The number of rotatable bonds is 11. The Morgan fingerprint density at radius 2 is 1.34 bits per heavy atom. The van der Waals surface area contributed by atoms with Crippen LogP contribution in [0.4, 0.5) is 17.6 Å².